The van der Waals surface area contributed by atoms with Crippen LogP contribution in [0.25, 0.3) is 6.08 Å². The van der Waals surface area contributed by atoms with E-state index in [1.54, 1.807) is 6.08 Å². The molecule has 0 fully saturated rings. The largest absolute Gasteiger partial charge is 0.488 e. The van der Waals surface area contributed by atoms with Gasteiger partial charge >= 0.3 is 5.97 Å². The van der Waals surface area contributed by atoms with Gasteiger partial charge in [-0.1, -0.05) is 46.3 Å². The minimum absolute atomic E-state index is 0.411. The number of hydrogen-bond acceptors (Lipinski definition) is 3. The highest BCUT2D eigenvalue weighted by Crippen LogP contribution is 2.25. The van der Waals surface area contributed by atoms with Gasteiger partial charge in [0.25, 0.3) is 0 Å². The Morgan fingerprint density at radius 1 is 1.17 bits per heavy atom. The van der Waals surface area contributed by atoms with Gasteiger partial charge in [-0.05, 0) is 29.8 Å². The lowest BCUT2D eigenvalue weighted by Gasteiger charge is -2.10. The maximum atomic E-state index is 11.6. The van der Waals surface area contributed by atoms with Crippen LogP contribution in [0.4, 0.5) is 0 Å². The molecule has 0 radical (unpaired) electrons. The van der Waals surface area contributed by atoms with Crippen LogP contribution in [0, 0.1) is 0 Å². The predicted octanol–water partition coefficient (Wildman–Crippen LogP) is 3.24. The normalized spacial score (nSPS) is 10.5. The number of benzene rings is 2. The summed E-state index contributed by atoms with van der Waals surface area (Å²) in [7, 11) is 0. The van der Waals surface area contributed by atoms with E-state index in [1.807, 2.05) is 48.5 Å². The molecule has 0 aliphatic rings. The Bertz CT molecular complexity index is 744. The maximum absolute atomic E-state index is 11.6. The molecule has 2 rings (SSSR count). The molecule has 0 saturated heterocycles. The summed E-state index contributed by atoms with van der Waals surface area (Å²) < 4.78 is 6.66. The summed E-state index contributed by atoms with van der Waals surface area (Å²) in [5.74, 6) is -0.943. The van der Waals surface area contributed by atoms with E-state index in [0.29, 0.717) is 17.9 Å². The molecule has 2 aromatic carbocycles. The van der Waals surface area contributed by atoms with E-state index < -0.39 is 18.4 Å². The second-order valence-electron chi connectivity index (χ2n) is 4.90. The summed E-state index contributed by atoms with van der Waals surface area (Å²) >= 11 is 3.38. The third kappa shape index (κ3) is 5.89. The van der Waals surface area contributed by atoms with Crippen molar-refractivity contribution in [1.82, 2.24) is 5.32 Å². The van der Waals surface area contributed by atoms with Crippen molar-refractivity contribution in [3.63, 3.8) is 0 Å². The Morgan fingerprint density at radius 2 is 1.92 bits per heavy atom. The minimum atomic E-state index is -1.09. The zero-order chi connectivity index (χ0) is 17.4. The second kappa shape index (κ2) is 8.88. The predicted molar refractivity (Wildman–Crippen MR) is 94.6 cm³/mol. The van der Waals surface area contributed by atoms with Crippen LogP contribution in [0.5, 0.6) is 5.75 Å². The molecule has 0 atom stereocenters. The third-order valence-electron chi connectivity index (χ3n) is 3.04. The lowest BCUT2D eigenvalue weighted by molar-refractivity contribution is -0.137. The topological polar surface area (TPSA) is 75.6 Å². The molecular formula is C18H16BrNO4. The molecule has 124 valence electrons. The first-order valence-electron chi connectivity index (χ1n) is 7.18. The number of halogens is 1. The maximum Gasteiger partial charge on any atom is 0.322 e. The van der Waals surface area contributed by atoms with Gasteiger partial charge < -0.3 is 15.2 Å². The highest BCUT2D eigenvalue weighted by molar-refractivity contribution is 9.10. The van der Waals surface area contributed by atoms with Gasteiger partial charge in [0.15, 0.2) is 0 Å². The van der Waals surface area contributed by atoms with Crippen LogP contribution in [0.15, 0.2) is 59.1 Å². The molecule has 0 saturated carbocycles. The summed E-state index contributed by atoms with van der Waals surface area (Å²) in [6, 6.07) is 15.2. The number of carbonyl (C=O) groups is 2. The van der Waals surface area contributed by atoms with Gasteiger partial charge in [-0.25, -0.2) is 0 Å². The van der Waals surface area contributed by atoms with E-state index in [4.69, 9.17) is 9.84 Å². The molecule has 0 aliphatic carbocycles. The first-order chi connectivity index (χ1) is 11.5. The van der Waals surface area contributed by atoms with Crippen molar-refractivity contribution >= 4 is 33.9 Å². The average Bonchev–Trinajstić information content (AvgIpc) is 2.58. The van der Waals surface area contributed by atoms with E-state index in [-0.39, 0.29) is 0 Å². The molecule has 0 bridgehead atoms. The Kier molecular flexibility index (Phi) is 6.57. The van der Waals surface area contributed by atoms with E-state index >= 15 is 0 Å². The van der Waals surface area contributed by atoms with Crippen molar-refractivity contribution in [3.05, 3.63) is 70.2 Å². The molecule has 1 amide bonds. The van der Waals surface area contributed by atoms with E-state index in [9.17, 15) is 9.59 Å². The van der Waals surface area contributed by atoms with Gasteiger partial charge in [0.05, 0.1) is 0 Å². The molecule has 0 aromatic heterocycles. The first-order valence-corrected chi connectivity index (χ1v) is 7.98. The van der Waals surface area contributed by atoms with Crippen LogP contribution < -0.4 is 10.1 Å². The lowest BCUT2D eigenvalue weighted by Crippen LogP contribution is -2.27. The Labute approximate surface area is 148 Å². The molecule has 6 heteroatoms. The van der Waals surface area contributed by atoms with Crippen molar-refractivity contribution in [3.8, 4) is 5.75 Å². The van der Waals surface area contributed by atoms with Crippen molar-refractivity contribution in [2.45, 2.75) is 6.61 Å². The highest BCUT2D eigenvalue weighted by Gasteiger charge is 2.05. The Balaban J connectivity index is 2.06. The summed E-state index contributed by atoms with van der Waals surface area (Å²) in [6.07, 6.45) is 2.86. The van der Waals surface area contributed by atoms with Gasteiger partial charge in [-0.15, -0.1) is 0 Å². The van der Waals surface area contributed by atoms with Crippen LogP contribution in [-0.4, -0.2) is 23.5 Å². The van der Waals surface area contributed by atoms with Gasteiger partial charge in [0.1, 0.15) is 18.9 Å². The fourth-order valence-electron chi connectivity index (χ4n) is 1.90. The fourth-order valence-corrected chi connectivity index (χ4v) is 2.28. The van der Waals surface area contributed by atoms with Gasteiger partial charge in [0.2, 0.25) is 5.91 Å². The van der Waals surface area contributed by atoms with E-state index in [2.05, 4.69) is 21.2 Å². The highest BCUT2D eigenvalue weighted by atomic mass is 79.9. The summed E-state index contributed by atoms with van der Waals surface area (Å²) in [4.78, 5) is 22.0. The monoisotopic (exact) mass is 389 g/mol. The molecule has 2 N–H and O–H groups in total. The molecule has 0 aliphatic heterocycles. The Hall–Kier alpha value is -2.60. The molecule has 0 unspecified atom stereocenters. The number of ether oxygens (including phenoxy) is 1. The Morgan fingerprint density at radius 3 is 2.62 bits per heavy atom. The number of aliphatic carboxylic acids is 1. The summed E-state index contributed by atoms with van der Waals surface area (Å²) in [5, 5.41) is 10.8. The van der Waals surface area contributed by atoms with E-state index in [1.165, 1.54) is 6.08 Å². The molecule has 2 aromatic rings. The molecule has 0 heterocycles. The van der Waals surface area contributed by atoms with Crippen molar-refractivity contribution in [1.29, 1.82) is 0 Å². The second-order valence-corrected chi connectivity index (χ2v) is 5.82. The summed E-state index contributed by atoms with van der Waals surface area (Å²) in [5.41, 5.74) is 1.75. The number of hydrogen-bond donors (Lipinski definition) is 2. The third-order valence-corrected chi connectivity index (χ3v) is 3.53. The molecular weight excluding hydrogens is 374 g/mol. The van der Waals surface area contributed by atoms with Crippen molar-refractivity contribution in [2.75, 3.05) is 6.54 Å². The lowest BCUT2D eigenvalue weighted by atomic mass is 10.2. The van der Waals surface area contributed by atoms with Crippen LogP contribution in [0.2, 0.25) is 0 Å². The van der Waals surface area contributed by atoms with Crippen molar-refractivity contribution in [2.24, 2.45) is 0 Å². The molecule has 0 spiro atoms. The van der Waals surface area contributed by atoms with Gasteiger partial charge in [-0.3, -0.25) is 9.59 Å². The quantitative estimate of drug-likeness (QED) is 0.712. The fraction of sp³-hybridized carbons (Fsp3) is 0.111. The molecule has 5 nitrogen and oxygen atoms in total. The number of amides is 1. The van der Waals surface area contributed by atoms with Crippen LogP contribution in [-0.2, 0) is 16.2 Å². The number of rotatable bonds is 7. The number of nitrogens with one attached hydrogen (secondary N) is 1. The minimum Gasteiger partial charge on any atom is -0.488 e. The standard InChI is InChI=1S/C18H16BrNO4/c19-15-7-8-16(24-12-13-4-2-1-3-5-13)14(10-15)6-9-17(21)20-11-18(22)23/h1-10H,11-12H2,(H,20,21)(H,22,23)/b9-6+. The average molecular weight is 390 g/mol. The zero-order valence-electron chi connectivity index (χ0n) is 12.7. The van der Waals surface area contributed by atoms with E-state index in [0.717, 1.165) is 10.0 Å². The smallest absolute Gasteiger partial charge is 0.322 e. The van der Waals surface area contributed by atoms with Crippen LogP contribution in [0.3, 0.4) is 0 Å². The van der Waals surface area contributed by atoms with Gasteiger partial charge in [-0.2, -0.15) is 0 Å². The van der Waals surface area contributed by atoms with Gasteiger partial charge in [0, 0.05) is 16.1 Å². The first kappa shape index (κ1) is 17.7. The zero-order valence-corrected chi connectivity index (χ0v) is 14.3. The number of carboxylic acids is 1. The SMILES string of the molecule is O=C(O)CNC(=O)/C=C/c1cc(Br)ccc1OCc1ccccc1. The molecule has 24 heavy (non-hydrogen) atoms. The number of carboxylic acid groups (broad SMARTS) is 1. The number of carbonyl (C=O) groups excluding carboxylic acids is 1. The van der Waals surface area contributed by atoms with Crippen LogP contribution in [0.1, 0.15) is 11.1 Å². The van der Waals surface area contributed by atoms with Crippen LogP contribution >= 0.6 is 15.9 Å². The summed E-state index contributed by atoms with van der Waals surface area (Å²) in [6.45, 7) is -0.00640. The van der Waals surface area contributed by atoms with Crippen molar-refractivity contribution < 1.29 is 19.4 Å².